The number of nitrogens with zero attached hydrogens (tertiary/aromatic N) is 2. The van der Waals surface area contributed by atoms with Crippen molar-refractivity contribution in [3.63, 3.8) is 0 Å². The molecule has 0 atom stereocenters. The van der Waals surface area contributed by atoms with Crippen LogP contribution in [0.2, 0.25) is 0 Å². The monoisotopic (exact) mass is 676 g/mol. The van der Waals surface area contributed by atoms with Gasteiger partial charge < -0.3 is 18.5 Å². The van der Waals surface area contributed by atoms with E-state index in [0.717, 1.165) is 61.8 Å². The molecule has 0 N–H and O–H groups in total. The molecule has 0 radical (unpaired) electrons. The van der Waals surface area contributed by atoms with Gasteiger partial charge in [-0.15, -0.1) is 0 Å². The first-order valence-corrected chi connectivity index (χ1v) is 18.1. The number of hydrogen-bond donors (Lipinski definition) is 0. The van der Waals surface area contributed by atoms with Crippen molar-refractivity contribution in [2.75, 3.05) is 0 Å². The standard InChI is InChI=1S/C48H29BN2O2/c1-6-16-41-34(11-1)35-12-2-7-17-42(35)50(41)32-24-21-30(22-25-32)31-23-26-40-46(27-31)52-47-29-33(28-39-38-15-5-10-20-45(38)53-49(40)48(39)47)51-43-18-8-3-13-36(43)37-14-4-9-19-44(37)51/h1-29H. The molecule has 10 aromatic rings. The lowest BCUT2D eigenvalue weighted by atomic mass is 9.50. The first-order valence-electron chi connectivity index (χ1n) is 18.1. The molecule has 0 spiro atoms. The van der Waals surface area contributed by atoms with Crippen molar-refractivity contribution < 1.29 is 9.39 Å². The fraction of sp³-hybridized carbons (Fsp3) is 0. The number of fused-ring (bicyclic) bond motifs is 10. The van der Waals surface area contributed by atoms with Gasteiger partial charge in [-0.3, -0.25) is 0 Å². The SMILES string of the molecule is c1ccc2c(c1)OB1c3ccc(-c4ccc(-n5c6ccccc6c6ccccc65)cc4)cc3Oc3cc(-n4c5ccccc5c5ccccc54)cc-2c31. The van der Waals surface area contributed by atoms with Gasteiger partial charge in [0.15, 0.2) is 0 Å². The highest BCUT2D eigenvalue weighted by atomic mass is 16.5. The zero-order valence-corrected chi connectivity index (χ0v) is 28.5. The molecule has 0 saturated heterocycles. The van der Waals surface area contributed by atoms with Gasteiger partial charge >= 0.3 is 6.92 Å². The summed E-state index contributed by atoms with van der Waals surface area (Å²) in [5, 5.41) is 4.99. The van der Waals surface area contributed by atoms with Crippen molar-refractivity contribution in [1.82, 2.24) is 9.13 Å². The van der Waals surface area contributed by atoms with Crippen LogP contribution in [-0.4, -0.2) is 16.0 Å². The van der Waals surface area contributed by atoms with Gasteiger partial charge in [0.2, 0.25) is 0 Å². The summed E-state index contributed by atoms with van der Waals surface area (Å²) >= 11 is 0. The molecule has 8 aromatic carbocycles. The summed E-state index contributed by atoms with van der Waals surface area (Å²) in [6.07, 6.45) is 0. The minimum absolute atomic E-state index is 0.280. The fourth-order valence-electron chi connectivity index (χ4n) is 8.86. The zero-order valence-electron chi connectivity index (χ0n) is 28.5. The van der Waals surface area contributed by atoms with E-state index >= 15 is 0 Å². The largest absolute Gasteiger partial charge is 0.551 e. The van der Waals surface area contributed by atoms with Crippen LogP contribution in [0.5, 0.6) is 17.2 Å². The molecule has 0 saturated carbocycles. The maximum Gasteiger partial charge on any atom is 0.434 e. The Bertz CT molecular complexity index is 3030. The van der Waals surface area contributed by atoms with Crippen molar-refractivity contribution in [3.05, 3.63) is 176 Å². The van der Waals surface area contributed by atoms with E-state index in [1.54, 1.807) is 0 Å². The minimum atomic E-state index is -0.280. The Labute approximate surface area is 305 Å². The van der Waals surface area contributed by atoms with E-state index in [2.05, 4.69) is 179 Å². The summed E-state index contributed by atoms with van der Waals surface area (Å²) in [4.78, 5) is 0. The molecule has 53 heavy (non-hydrogen) atoms. The van der Waals surface area contributed by atoms with Crippen LogP contribution in [0.15, 0.2) is 176 Å². The van der Waals surface area contributed by atoms with Crippen LogP contribution in [0.4, 0.5) is 0 Å². The Balaban J connectivity index is 0.992. The second-order valence-corrected chi connectivity index (χ2v) is 14.0. The Kier molecular flexibility index (Phi) is 5.83. The maximum atomic E-state index is 6.95. The fourth-order valence-corrected chi connectivity index (χ4v) is 8.86. The van der Waals surface area contributed by atoms with E-state index in [1.807, 2.05) is 6.07 Å². The summed E-state index contributed by atoms with van der Waals surface area (Å²) in [5.41, 5.74) is 13.5. The molecule has 246 valence electrons. The third-order valence-corrected chi connectivity index (χ3v) is 11.2. The highest BCUT2D eigenvalue weighted by Crippen LogP contribution is 2.42. The third-order valence-electron chi connectivity index (χ3n) is 11.2. The predicted octanol–water partition coefficient (Wildman–Crippen LogP) is 10.8. The summed E-state index contributed by atoms with van der Waals surface area (Å²) in [5.74, 6) is 2.52. The highest BCUT2D eigenvalue weighted by Gasteiger charge is 2.41. The molecule has 0 unspecified atom stereocenters. The van der Waals surface area contributed by atoms with Crippen LogP contribution in [0, 0.1) is 0 Å². The number of hydrogen-bond acceptors (Lipinski definition) is 2. The van der Waals surface area contributed by atoms with Crippen molar-refractivity contribution in [3.8, 4) is 50.9 Å². The molecular formula is C48H29BN2O2. The summed E-state index contributed by atoms with van der Waals surface area (Å²) in [6, 6.07) is 62.8. The van der Waals surface area contributed by atoms with E-state index in [9.17, 15) is 0 Å². The smallest absolute Gasteiger partial charge is 0.434 e. The Morgan fingerprint density at radius 3 is 1.53 bits per heavy atom. The average molecular weight is 677 g/mol. The normalized spacial score (nSPS) is 12.8. The van der Waals surface area contributed by atoms with E-state index in [1.165, 1.54) is 43.6 Å². The number of rotatable bonds is 3. The summed E-state index contributed by atoms with van der Waals surface area (Å²) in [6.45, 7) is -0.280. The third kappa shape index (κ3) is 4.07. The lowest BCUT2D eigenvalue weighted by molar-refractivity contribution is 0.479. The van der Waals surface area contributed by atoms with Gasteiger partial charge in [0.25, 0.3) is 0 Å². The molecule has 4 heterocycles. The lowest BCUT2D eigenvalue weighted by Gasteiger charge is -2.33. The molecule has 0 aliphatic carbocycles. The van der Waals surface area contributed by atoms with Crippen molar-refractivity contribution in [2.45, 2.75) is 0 Å². The second kappa shape index (κ2) is 10.8. The molecular weight excluding hydrogens is 647 g/mol. The Hall–Kier alpha value is -6.98. The summed E-state index contributed by atoms with van der Waals surface area (Å²) < 4.78 is 18.5. The van der Waals surface area contributed by atoms with Crippen molar-refractivity contribution >= 4 is 61.5 Å². The molecule has 12 rings (SSSR count). The molecule has 2 aliphatic heterocycles. The van der Waals surface area contributed by atoms with Gasteiger partial charge in [-0.2, -0.15) is 0 Å². The molecule has 0 fully saturated rings. The Morgan fingerprint density at radius 2 is 0.906 bits per heavy atom. The van der Waals surface area contributed by atoms with Gasteiger partial charge in [0, 0.05) is 49.8 Å². The first-order chi connectivity index (χ1) is 26.3. The van der Waals surface area contributed by atoms with Gasteiger partial charge in [-0.05, 0) is 71.3 Å². The van der Waals surface area contributed by atoms with E-state index in [4.69, 9.17) is 9.39 Å². The molecule has 4 nitrogen and oxygen atoms in total. The van der Waals surface area contributed by atoms with E-state index in [-0.39, 0.29) is 6.92 Å². The van der Waals surface area contributed by atoms with Crippen LogP contribution in [0.1, 0.15) is 0 Å². The lowest BCUT2D eigenvalue weighted by Crippen LogP contribution is -2.53. The average Bonchev–Trinajstić information content (AvgIpc) is 3.74. The van der Waals surface area contributed by atoms with Crippen LogP contribution >= 0.6 is 0 Å². The van der Waals surface area contributed by atoms with Gasteiger partial charge in [0.05, 0.1) is 27.8 Å². The molecule has 2 aromatic heterocycles. The molecule has 2 aliphatic rings. The quantitative estimate of drug-likeness (QED) is 0.174. The van der Waals surface area contributed by atoms with E-state index in [0.29, 0.717) is 0 Å². The van der Waals surface area contributed by atoms with Crippen LogP contribution < -0.4 is 20.3 Å². The van der Waals surface area contributed by atoms with Crippen LogP contribution in [0.25, 0.3) is 77.2 Å². The van der Waals surface area contributed by atoms with Gasteiger partial charge in [0.1, 0.15) is 17.2 Å². The molecule has 5 heteroatoms. The van der Waals surface area contributed by atoms with Crippen molar-refractivity contribution in [1.29, 1.82) is 0 Å². The number of benzene rings is 8. The highest BCUT2D eigenvalue weighted by molar-refractivity contribution is 6.84. The second-order valence-electron chi connectivity index (χ2n) is 14.0. The predicted molar refractivity (Wildman–Crippen MR) is 218 cm³/mol. The van der Waals surface area contributed by atoms with Gasteiger partial charge in [-0.25, -0.2) is 0 Å². The zero-order chi connectivity index (χ0) is 34.6. The molecule has 0 bridgehead atoms. The summed E-state index contributed by atoms with van der Waals surface area (Å²) in [7, 11) is 0. The Morgan fingerprint density at radius 1 is 0.377 bits per heavy atom. The first kappa shape index (κ1) is 28.7. The molecule has 0 amide bonds. The number of para-hydroxylation sites is 5. The topological polar surface area (TPSA) is 28.3 Å². The van der Waals surface area contributed by atoms with Crippen molar-refractivity contribution in [2.24, 2.45) is 0 Å². The maximum absolute atomic E-state index is 6.95. The van der Waals surface area contributed by atoms with E-state index < -0.39 is 0 Å². The van der Waals surface area contributed by atoms with Crippen LogP contribution in [0.3, 0.4) is 0 Å². The number of ether oxygens (including phenoxy) is 1. The van der Waals surface area contributed by atoms with Gasteiger partial charge in [-0.1, -0.05) is 115 Å². The van der Waals surface area contributed by atoms with Crippen LogP contribution in [-0.2, 0) is 0 Å². The number of aromatic nitrogens is 2. The minimum Gasteiger partial charge on any atom is -0.551 e.